The Morgan fingerprint density at radius 2 is 1.75 bits per heavy atom. The average Bonchev–Trinajstić information content (AvgIpc) is 2.56. The lowest BCUT2D eigenvalue weighted by atomic mass is 9.92. The van der Waals surface area contributed by atoms with E-state index in [4.69, 9.17) is 14.2 Å². The Hall–Kier alpha value is -2.93. The van der Waals surface area contributed by atoms with Gasteiger partial charge in [-0.25, -0.2) is 0 Å². The molecule has 0 aliphatic carbocycles. The highest BCUT2D eigenvalue weighted by molar-refractivity contribution is 6.05. The van der Waals surface area contributed by atoms with Gasteiger partial charge < -0.3 is 29.5 Å². The third-order valence-corrected chi connectivity index (χ3v) is 3.86. The van der Waals surface area contributed by atoms with Crippen molar-refractivity contribution in [1.82, 2.24) is 0 Å². The Kier molecular flexibility index (Phi) is 3.94. The number of carbonyl (C=O) groups excluding carboxylic acids is 1. The van der Waals surface area contributed by atoms with Crippen LogP contribution in [0.3, 0.4) is 0 Å². The van der Waals surface area contributed by atoms with Crippen LogP contribution in [0.2, 0.25) is 0 Å². The molecule has 24 heavy (non-hydrogen) atoms. The second kappa shape index (κ2) is 5.93. The molecule has 0 spiro atoms. The zero-order valence-electron chi connectivity index (χ0n) is 13.0. The number of methoxy groups -OCH3 is 2. The number of phenolic OH excluding ortho intramolecular Hbond substituents is 2. The lowest BCUT2D eigenvalue weighted by Crippen LogP contribution is -2.36. The lowest BCUT2D eigenvalue weighted by molar-refractivity contribution is 0.0210. The number of ether oxygens (including phenoxy) is 3. The zero-order chi connectivity index (χ0) is 17.4. The summed E-state index contributed by atoms with van der Waals surface area (Å²) in [5.41, 5.74) is 0.332. The fourth-order valence-electron chi connectivity index (χ4n) is 2.69. The Morgan fingerprint density at radius 3 is 2.42 bits per heavy atom. The molecule has 1 heterocycles. The summed E-state index contributed by atoms with van der Waals surface area (Å²) in [6.45, 7) is 0. The van der Waals surface area contributed by atoms with Gasteiger partial charge in [0.25, 0.3) is 0 Å². The molecule has 0 bridgehead atoms. The summed E-state index contributed by atoms with van der Waals surface area (Å²) in [5, 5.41) is 29.7. The Labute approximate surface area is 137 Å². The van der Waals surface area contributed by atoms with Crippen molar-refractivity contribution in [3.05, 3.63) is 41.5 Å². The van der Waals surface area contributed by atoms with E-state index in [-0.39, 0.29) is 17.1 Å². The molecule has 0 radical (unpaired) electrons. The van der Waals surface area contributed by atoms with E-state index in [1.807, 2.05) is 0 Å². The maximum Gasteiger partial charge on any atom is 0.202 e. The molecule has 1 aliphatic heterocycles. The first-order chi connectivity index (χ1) is 11.5. The third-order valence-electron chi connectivity index (χ3n) is 3.86. The number of aromatic hydroxyl groups is 2. The van der Waals surface area contributed by atoms with Crippen LogP contribution in [0.1, 0.15) is 22.0 Å². The summed E-state index contributed by atoms with van der Waals surface area (Å²) in [6.07, 6.45) is -2.52. The minimum atomic E-state index is -1.51. The summed E-state index contributed by atoms with van der Waals surface area (Å²) < 4.78 is 16.0. The van der Waals surface area contributed by atoms with E-state index >= 15 is 0 Å². The fourth-order valence-corrected chi connectivity index (χ4v) is 2.69. The van der Waals surface area contributed by atoms with Crippen LogP contribution in [0, 0.1) is 0 Å². The van der Waals surface area contributed by atoms with Crippen LogP contribution >= 0.6 is 0 Å². The van der Waals surface area contributed by atoms with Gasteiger partial charge in [0.05, 0.1) is 14.2 Å². The molecule has 3 rings (SSSR count). The fraction of sp³-hybridized carbons (Fsp3) is 0.235. The highest BCUT2D eigenvalue weighted by Crippen LogP contribution is 2.42. The van der Waals surface area contributed by atoms with Crippen molar-refractivity contribution in [3.63, 3.8) is 0 Å². The van der Waals surface area contributed by atoms with E-state index in [0.29, 0.717) is 17.1 Å². The van der Waals surface area contributed by atoms with Crippen LogP contribution in [0.5, 0.6) is 28.7 Å². The van der Waals surface area contributed by atoms with E-state index < -0.39 is 23.7 Å². The molecule has 7 heteroatoms. The summed E-state index contributed by atoms with van der Waals surface area (Å²) in [7, 11) is 2.96. The van der Waals surface area contributed by atoms with E-state index in [9.17, 15) is 20.1 Å². The number of hydrogen-bond acceptors (Lipinski definition) is 7. The number of rotatable bonds is 3. The molecule has 126 valence electrons. The number of fused-ring (bicyclic) bond motifs is 1. The van der Waals surface area contributed by atoms with Crippen molar-refractivity contribution in [2.24, 2.45) is 0 Å². The number of phenols is 2. The number of aliphatic hydroxyl groups excluding tert-OH is 1. The Morgan fingerprint density at radius 1 is 1.04 bits per heavy atom. The van der Waals surface area contributed by atoms with Gasteiger partial charge in [-0.1, -0.05) is 6.07 Å². The SMILES string of the molecule is COc1ccc([C@@H]2Oc3cc(O)cc(O)c3C(=O)[C@H]2O)cc1OC. The highest BCUT2D eigenvalue weighted by atomic mass is 16.5. The molecule has 2 aromatic carbocycles. The Bertz CT molecular complexity index is 800. The topological polar surface area (TPSA) is 105 Å². The van der Waals surface area contributed by atoms with Gasteiger partial charge in [0.15, 0.2) is 23.7 Å². The summed E-state index contributed by atoms with van der Waals surface area (Å²) in [4.78, 5) is 12.4. The normalized spacial score (nSPS) is 19.4. The Balaban J connectivity index is 2.05. The van der Waals surface area contributed by atoms with Crippen molar-refractivity contribution in [1.29, 1.82) is 0 Å². The molecule has 0 saturated carbocycles. The van der Waals surface area contributed by atoms with Gasteiger partial charge in [0.1, 0.15) is 22.8 Å². The van der Waals surface area contributed by atoms with Crippen LogP contribution in [0.15, 0.2) is 30.3 Å². The average molecular weight is 332 g/mol. The first-order valence-corrected chi connectivity index (χ1v) is 7.13. The molecule has 3 N–H and O–H groups in total. The highest BCUT2D eigenvalue weighted by Gasteiger charge is 2.39. The molecule has 0 aromatic heterocycles. The van der Waals surface area contributed by atoms with Crippen molar-refractivity contribution < 1.29 is 34.3 Å². The van der Waals surface area contributed by atoms with Crippen molar-refractivity contribution >= 4 is 5.78 Å². The zero-order valence-corrected chi connectivity index (χ0v) is 13.0. The number of hydrogen-bond donors (Lipinski definition) is 3. The monoisotopic (exact) mass is 332 g/mol. The molecule has 2 atom stereocenters. The van der Waals surface area contributed by atoms with Crippen LogP contribution < -0.4 is 14.2 Å². The lowest BCUT2D eigenvalue weighted by Gasteiger charge is -2.30. The van der Waals surface area contributed by atoms with Gasteiger partial charge >= 0.3 is 0 Å². The molecule has 0 unspecified atom stereocenters. The molecule has 0 fully saturated rings. The van der Waals surface area contributed by atoms with Gasteiger partial charge in [-0.15, -0.1) is 0 Å². The van der Waals surface area contributed by atoms with E-state index in [1.54, 1.807) is 18.2 Å². The number of Topliss-reactive ketones (excluding diaryl/α,β-unsaturated/α-hetero) is 1. The van der Waals surface area contributed by atoms with Crippen molar-refractivity contribution in [3.8, 4) is 28.7 Å². The first-order valence-electron chi connectivity index (χ1n) is 7.13. The standard InChI is InChI=1S/C17H16O7/c1-22-11-4-3-8(5-12(11)23-2)17-16(21)15(20)14-10(19)6-9(18)7-13(14)24-17/h3-7,16-19,21H,1-2H3/t16-,17+/m1/s1. The number of aliphatic hydroxyl groups is 1. The molecular formula is C17H16O7. The summed E-state index contributed by atoms with van der Waals surface area (Å²) >= 11 is 0. The van der Waals surface area contributed by atoms with Crippen LogP contribution in [0.25, 0.3) is 0 Å². The molecule has 7 nitrogen and oxygen atoms in total. The second-order valence-corrected chi connectivity index (χ2v) is 5.30. The van der Waals surface area contributed by atoms with E-state index in [1.165, 1.54) is 20.3 Å². The molecule has 2 aromatic rings. The predicted molar refractivity (Wildman–Crippen MR) is 83.0 cm³/mol. The minimum absolute atomic E-state index is 0.00239. The number of ketones is 1. The maximum absolute atomic E-state index is 12.4. The van der Waals surface area contributed by atoms with Gasteiger partial charge in [-0.05, 0) is 17.7 Å². The summed E-state index contributed by atoms with van der Waals surface area (Å²) in [6, 6.07) is 7.09. The molecule has 0 saturated heterocycles. The minimum Gasteiger partial charge on any atom is -0.508 e. The van der Waals surface area contributed by atoms with Crippen molar-refractivity contribution in [2.75, 3.05) is 14.2 Å². The van der Waals surface area contributed by atoms with Gasteiger partial charge in [0, 0.05) is 12.1 Å². The van der Waals surface area contributed by atoms with Gasteiger partial charge in [0.2, 0.25) is 5.78 Å². The van der Waals surface area contributed by atoms with Gasteiger partial charge in [-0.2, -0.15) is 0 Å². The number of carbonyl (C=O) groups is 1. The molecule has 1 aliphatic rings. The third kappa shape index (κ3) is 2.48. The smallest absolute Gasteiger partial charge is 0.202 e. The summed E-state index contributed by atoms with van der Waals surface area (Å²) in [5.74, 6) is -0.464. The van der Waals surface area contributed by atoms with E-state index in [0.717, 1.165) is 6.07 Å². The maximum atomic E-state index is 12.4. The largest absolute Gasteiger partial charge is 0.508 e. The van der Waals surface area contributed by atoms with E-state index in [2.05, 4.69) is 0 Å². The predicted octanol–water partition coefficient (Wildman–Crippen LogP) is 1.79. The second-order valence-electron chi connectivity index (χ2n) is 5.30. The first kappa shape index (κ1) is 15.9. The van der Waals surface area contributed by atoms with Crippen molar-refractivity contribution in [2.45, 2.75) is 12.2 Å². The quantitative estimate of drug-likeness (QED) is 0.787. The molecular weight excluding hydrogens is 316 g/mol. The van der Waals surface area contributed by atoms with Crippen LogP contribution in [0.4, 0.5) is 0 Å². The molecule has 0 amide bonds. The van der Waals surface area contributed by atoms with Crippen LogP contribution in [-0.4, -0.2) is 41.4 Å². The van der Waals surface area contributed by atoms with Gasteiger partial charge in [-0.3, -0.25) is 4.79 Å². The van der Waals surface area contributed by atoms with Crippen LogP contribution in [-0.2, 0) is 0 Å². The number of benzene rings is 2.